The molecule has 0 bridgehead atoms. The first-order valence-electron chi connectivity index (χ1n) is 4.00. The van der Waals surface area contributed by atoms with E-state index in [1.165, 1.54) is 0 Å². The minimum Gasteiger partial charge on any atom is -0.384 e. The van der Waals surface area contributed by atoms with Gasteiger partial charge in [0.15, 0.2) is 0 Å². The van der Waals surface area contributed by atoms with Crippen molar-refractivity contribution in [2.75, 3.05) is 27.4 Å². The lowest BCUT2D eigenvalue weighted by molar-refractivity contribution is 0.0289. The molecule has 68 valence electrons. The zero-order valence-electron chi connectivity index (χ0n) is 8.31. The van der Waals surface area contributed by atoms with E-state index >= 15 is 0 Å². The molecule has 2 nitrogen and oxygen atoms in total. The van der Waals surface area contributed by atoms with Gasteiger partial charge in [0.2, 0.25) is 0 Å². The Balaban J connectivity index is 3.88. The van der Waals surface area contributed by atoms with Gasteiger partial charge in [-0.1, -0.05) is 20.8 Å². The van der Waals surface area contributed by atoms with Crippen LogP contribution in [0.4, 0.5) is 0 Å². The molecular formula is C9H20O2. The third-order valence-corrected chi connectivity index (χ3v) is 1.96. The standard InChI is InChI=1S/C9H20O2/c1-9(2,3)8(6-10-4)7-11-5/h8H,6-7H2,1-5H3. The fraction of sp³-hybridized carbons (Fsp3) is 1.00. The van der Waals surface area contributed by atoms with E-state index in [4.69, 9.17) is 9.47 Å². The van der Waals surface area contributed by atoms with E-state index in [0.717, 1.165) is 13.2 Å². The summed E-state index contributed by atoms with van der Waals surface area (Å²) in [6.45, 7) is 8.16. The number of ether oxygens (including phenoxy) is 2. The number of hydrogen-bond acceptors (Lipinski definition) is 2. The molecule has 0 aliphatic carbocycles. The predicted octanol–water partition coefficient (Wildman–Crippen LogP) is 1.94. The molecular weight excluding hydrogens is 140 g/mol. The third kappa shape index (κ3) is 4.38. The molecule has 0 radical (unpaired) electrons. The maximum Gasteiger partial charge on any atom is 0.0517 e. The van der Waals surface area contributed by atoms with Gasteiger partial charge in [0.25, 0.3) is 0 Å². The van der Waals surface area contributed by atoms with Crippen LogP contribution in [0.5, 0.6) is 0 Å². The molecule has 0 fully saturated rings. The van der Waals surface area contributed by atoms with Gasteiger partial charge >= 0.3 is 0 Å². The SMILES string of the molecule is COCC(COC)C(C)(C)C. The van der Waals surface area contributed by atoms with E-state index in [9.17, 15) is 0 Å². The van der Waals surface area contributed by atoms with Crippen molar-refractivity contribution in [2.45, 2.75) is 20.8 Å². The lowest BCUT2D eigenvalue weighted by atomic mass is 9.82. The third-order valence-electron chi connectivity index (χ3n) is 1.96. The average molecular weight is 160 g/mol. The Kier molecular flexibility index (Phi) is 4.69. The minimum atomic E-state index is 0.270. The molecule has 0 N–H and O–H groups in total. The molecule has 0 aromatic rings. The van der Waals surface area contributed by atoms with E-state index in [-0.39, 0.29) is 5.41 Å². The van der Waals surface area contributed by atoms with Crippen LogP contribution < -0.4 is 0 Å². The Hall–Kier alpha value is -0.0800. The van der Waals surface area contributed by atoms with Gasteiger partial charge in [0.1, 0.15) is 0 Å². The normalized spacial score (nSPS) is 12.5. The topological polar surface area (TPSA) is 18.5 Å². The first-order chi connectivity index (χ1) is 5.02. The highest BCUT2D eigenvalue weighted by Gasteiger charge is 2.23. The molecule has 0 saturated carbocycles. The summed E-state index contributed by atoms with van der Waals surface area (Å²) >= 11 is 0. The zero-order valence-corrected chi connectivity index (χ0v) is 8.31. The van der Waals surface area contributed by atoms with Crippen molar-refractivity contribution in [2.24, 2.45) is 11.3 Å². The summed E-state index contributed by atoms with van der Waals surface area (Å²) in [6.07, 6.45) is 0. The lowest BCUT2D eigenvalue weighted by Crippen LogP contribution is -2.28. The summed E-state index contributed by atoms with van der Waals surface area (Å²) in [6, 6.07) is 0. The lowest BCUT2D eigenvalue weighted by Gasteiger charge is -2.29. The van der Waals surface area contributed by atoms with Crippen LogP contribution in [0, 0.1) is 11.3 Å². The van der Waals surface area contributed by atoms with Crippen molar-refractivity contribution >= 4 is 0 Å². The van der Waals surface area contributed by atoms with Gasteiger partial charge < -0.3 is 9.47 Å². The highest BCUT2D eigenvalue weighted by atomic mass is 16.5. The van der Waals surface area contributed by atoms with Gasteiger partial charge in [0.05, 0.1) is 13.2 Å². The molecule has 11 heavy (non-hydrogen) atoms. The van der Waals surface area contributed by atoms with Crippen molar-refractivity contribution in [3.8, 4) is 0 Å². The van der Waals surface area contributed by atoms with Gasteiger partial charge in [-0.2, -0.15) is 0 Å². The maximum absolute atomic E-state index is 5.10. The van der Waals surface area contributed by atoms with Gasteiger partial charge in [-0.25, -0.2) is 0 Å². The second-order valence-electron chi connectivity index (χ2n) is 3.97. The monoisotopic (exact) mass is 160 g/mol. The van der Waals surface area contributed by atoms with E-state index in [0.29, 0.717) is 5.92 Å². The predicted molar refractivity (Wildman–Crippen MR) is 46.7 cm³/mol. The Labute approximate surface area is 69.9 Å². The van der Waals surface area contributed by atoms with Crippen molar-refractivity contribution in [1.29, 1.82) is 0 Å². The second-order valence-corrected chi connectivity index (χ2v) is 3.97. The number of rotatable bonds is 4. The molecule has 0 saturated heterocycles. The molecule has 0 spiro atoms. The molecule has 0 atom stereocenters. The maximum atomic E-state index is 5.10. The minimum absolute atomic E-state index is 0.270. The molecule has 2 heteroatoms. The summed E-state index contributed by atoms with van der Waals surface area (Å²) < 4.78 is 10.2. The zero-order chi connectivity index (χ0) is 8.91. The summed E-state index contributed by atoms with van der Waals surface area (Å²) in [4.78, 5) is 0. The largest absolute Gasteiger partial charge is 0.384 e. The van der Waals surface area contributed by atoms with E-state index in [2.05, 4.69) is 20.8 Å². The van der Waals surface area contributed by atoms with E-state index in [1.807, 2.05) is 0 Å². The van der Waals surface area contributed by atoms with E-state index < -0.39 is 0 Å². The highest BCUT2D eigenvalue weighted by molar-refractivity contribution is 4.72. The number of methoxy groups -OCH3 is 2. The van der Waals surface area contributed by atoms with Crippen LogP contribution in [0.1, 0.15) is 20.8 Å². The molecule has 0 aliphatic rings. The van der Waals surface area contributed by atoms with Gasteiger partial charge in [-0.3, -0.25) is 0 Å². The smallest absolute Gasteiger partial charge is 0.0517 e. The Morgan fingerprint density at radius 1 is 1.00 bits per heavy atom. The van der Waals surface area contributed by atoms with Gasteiger partial charge in [-0.15, -0.1) is 0 Å². The van der Waals surface area contributed by atoms with Crippen LogP contribution in [-0.4, -0.2) is 27.4 Å². The fourth-order valence-electron chi connectivity index (χ4n) is 0.950. The molecule has 0 amide bonds. The van der Waals surface area contributed by atoms with Gasteiger partial charge in [-0.05, 0) is 5.41 Å². The molecule has 0 heterocycles. The van der Waals surface area contributed by atoms with Crippen molar-refractivity contribution in [1.82, 2.24) is 0 Å². The fourth-order valence-corrected chi connectivity index (χ4v) is 0.950. The first kappa shape index (κ1) is 10.9. The molecule has 0 aromatic heterocycles. The van der Waals surface area contributed by atoms with Crippen molar-refractivity contribution in [3.05, 3.63) is 0 Å². The van der Waals surface area contributed by atoms with Crippen molar-refractivity contribution in [3.63, 3.8) is 0 Å². The Morgan fingerprint density at radius 3 is 1.55 bits per heavy atom. The quantitative estimate of drug-likeness (QED) is 0.625. The Morgan fingerprint density at radius 2 is 1.36 bits per heavy atom. The van der Waals surface area contributed by atoms with E-state index in [1.54, 1.807) is 14.2 Å². The molecule has 0 rings (SSSR count). The summed E-state index contributed by atoms with van der Waals surface area (Å²) in [5.41, 5.74) is 0.270. The van der Waals surface area contributed by atoms with Crippen LogP contribution in [0.2, 0.25) is 0 Å². The summed E-state index contributed by atoms with van der Waals surface area (Å²) in [5, 5.41) is 0. The molecule has 0 aliphatic heterocycles. The highest BCUT2D eigenvalue weighted by Crippen LogP contribution is 2.25. The summed E-state index contributed by atoms with van der Waals surface area (Å²) in [7, 11) is 3.46. The van der Waals surface area contributed by atoms with Gasteiger partial charge in [0, 0.05) is 20.1 Å². The van der Waals surface area contributed by atoms with Crippen LogP contribution in [-0.2, 0) is 9.47 Å². The molecule has 0 unspecified atom stereocenters. The van der Waals surface area contributed by atoms with Crippen LogP contribution in [0.3, 0.4) is 0 Å². The van der Waals surface area contributed by atoms with Crippen LogP contribution >= 0.6 is 0 Å². The molecule has 0 aromatic carbocycles. The summed E-state index contributed by atoms with van der Waals surface area (Å²) in [5.74, 6) is 0.484. The first-order valence-corrected chi connectivity index (χ1v) is 4.00. The Bertz CT molecular complexity index is 88.2. The van der Waals surface area contributed by atoms with Crippen LogP contribution in [0.15, 0.2) is 0 Å². The van der Waals surface area contributed by atoms with Crippen molar-refractivity contribution < 1.29 is 9.47 Å². The average Bonchev–Trinajstić information content (AvgIpc) is 1.85. The second kappa shape index (κ2) is 4.73. The number of hydrogen-bond donors (Lipinski definition) is 0. The van der Waals surface area contributed by atoms with Crippen LogP contribution in [0.25, 0.3) is 0 Å².